The van der Waals surface area contributed by atoms with Gasteiger partial charge in [-0.05, 0) is 19.1 Å². The fourth-order valence-corrected chi connectivity index (χ4v) is 1.35. The second-order valence-electron chi connectivity index (χ2n) is 4.02. The van der Waals surface area contributed by atoms with Gasteiger partial charge in [-0.2, -0.15) is 0 Å². The Balaban J connectivity index is 2.29. The number of ether oxygens (including phenoxy) is 1. The molecule has 0 aliphatic rings. The maximum Gasteiger partial charge on any atom is 0.306 e. The van der Waals surface area contributed by atoms with Crippen molar-refractivity contribution in [1.29, 1.82) is 0 Å². The normalized spacial score (nSPS) is 10.4. The molecule has 0 heterocycles. The zero-order valence-electron chi connectivity index (χ0n) is 10.8. The molecule has 1 aromatic carbocycles. The van der Waals surface area contributed by atoms with Gasteiger partial charge in [-0.25, -0.2) is 0 Å². The first-order chi connectivity index (χ1) is 9.09. The van der Waals surface area contributed by atoms with E-state index in [2.05, 4.69) is 0 Å². The van der Waals surface area contributed by atoms with Crippen LogP contribution in [0, 0.1) is 0 Å². The summed E-state index contributed by atoms with van der Waals surface area (Å²) in [6.45, 7) is 1.46. The van der Waals surface area contributed by atoms with Crippen LogP contribution < -0.4 is 0 Å². The number of Topliss-reactive ketones (excluding diaryl/α,β-unsaturated/α-hetero) is 1. The van der Waals surface area contributed by atoms with Gasteiger partial charge in [0.15, 0.2) is 5.78 Å². The Hall–Kier alpha value is -2.23. The van der Waals surface area contributed by atoms with E-state index in [9.17, 15) is 14.4 Å². The molecule has 19 heavy (non-hydrogen) atoms. The second-order valence-corrected chi connectivity index (χ2v) is 4.02. The lowest BCUT2D eigenvalue weighted by Crippen LogP contribution is -2.06. The summed E-state index contributed by atoms with van der Waals surface area (Å²) in [4.78, 5) is 33.5. The molecular formula is C15H16O4. The molecule has 4 heteroatoms. The third-order valence-corrected chi connectivity index (χ3v) is 2.35. The van der Waals surface area contributed by atoms with Gasteiger partial charge in [-0.15, -0.1) is 0 Å². The van der Waals surface area contributed by atoms with Crippen LogP contribution in [0.25, 0.3) is 0 Å². The van der Waals surface area contributed by atoms with E-state index in [4.69, 9.17) is 4.74 Å². The standard InChI is InChI=1S/C15H16O4/c1-12(16)9-10-15(18)19-11-5-8-14(17)13-6-3-2-4-7-13/h2-8H,9-11H2,1H3/b8-5+. The summed E-state index contributed by atoms with van der Waals surface area (Å²) in [6.07, 6.45) is 3.12. The third-order valence-electron chi connectivity index (χ3n) is 2.35. The molecular weight excluding hydrogens is 244 g/mol. The van der Waals surface area contributed by atoms with E-state index in [0.717, 1.165) is 0 Å². The van der Waals surface area contributed by atoms with Gasteiger partial charge in [0.05, 0.1) is 6.42 Å². The molecule has 0 aliphatic carbocycles. The van der Waals surface area contributed by atoms with Crippen LogP contribution in [-0.4, -0.2) is 24.1 Å². The fraction of sp³-hybridized carbons (Fsp3) is 0.267. The Bertz CT molecular complexity index is 474. The Kier molecular flexibility index (Phi) is 6.22. The highest BCUT2D eigenvalue weighted by atomic mass is 16.5. The molecule has 0 saturated carbocycles. The Morgan fingerprint density at radius 3 is 2.42 bits per heavy atom. The maximum atomic E-state index is 11.6. The summed E-state index contributed by atoms with van der Waals surface area (Å²) in [5, 5.41) is 0. The summed E-state index contributed by atoms with van der Waals surface area (Å²) in [6, 6.07) is 8.82. The molecule has 0 unspecified atom stereocenters. The van der Waals surface area contributed by atoms with Gasteiger partial charge in [0.1, 0.15) is 12.4 Å². The summed E-state index contributed by atoms with van der Waals surface area (Å²) < 4.78 is 4.85. The number of rotatable bonds is 7. The molecule has 0 bridgehead atoms. The van der Waals surface area contributed by atoms with Gasteiger partial charge in [-0.3, -0.25) is 9.59 Å². The SMILES string of the molecule is CC(=O)CCC(=O)OC/C=C/C(=O)c1ccccc1. The molecule has 0 saturated heterocycles. The number of hydrogen-bond donors (Lipinski definition) is 0. The molecule has 0 fully saturated rings. The molecule has 0 N–H and O–H groups in total. The lowest BCUT2D eigenvalue weighted by atomic mass is 10.1. The van der Waals surface area contributed by atoms with Gasteiger partial charge in [0, 0.05) is 12.0 Å². The summed E-state index contributed by atoms with van der Waals surface area (Å²) >= 11 is 0. The summed E-state index contributed by atoms with van der Waals surface area (Å²) in [7, 11) is 0. The molecule has 0 spiro atoms. The molecule has 0 amide bonds. The van der Waals surface area contributed by atoms with Crippen molar-refractivity contribution in [2.24, 2.45) is 0 Å². The number of esters is 1. The van der Waals surface area contributed by atoms with E-state index in [0.29, 0.717) is 5.56 Å². The number of allylic oxidation sites excluding steroid dienone is 1. The Morgan fingerprint density at radius 2 is 1.79 bits per heavy atom. The molecule has 100 valence electrons. The molecule has 1 rings (SSSR count). The largest absolute Gasteiger partial charge is 0.461 e. The van der Waals surface area contributed by atoms with Crippen molar-refractivity contribution >= 4 is 17.5 Å². The van der Waals surface area contributed by atoms with Crippen LogP contribution in [0.5, 0.6) is 0 Å². The number of hydrogen-bond acceptors (Lipinski definition) is 4. The van der Waals surface area contributed by atoms with Crippen molar-refractivity contribution in [3.8, 4) is 0 Å². The minimum Gasteiger partial charge on any atom is -0.461 e. The van der Waals surface area contributed by atoms with E-state index in [1.54, 1.807) is 24.3 Å². The van der Waals surface area contributed by atoms with Gasteiger partial charge in [-0.1, -0.05) is 30.3 Å². The number of benzene rings is 1. The quantitative estimate of drug-likeness (QED) is 0.429. The number of carbonyl (C=O) groups is 3. The smallest absolute Gasteiger partial charge is 0.306 e. The predicted octanol–water partition coefficient (Wildman–Crippen LogP) is 2.34. The van der Waals surface area contributed by atoms with Crippen LogP contribution in [0.4, 0.5) is 0 Å². The molecule has 1 aromatic rings. The number of ketones is 2. The minimum absolute atomic E-state index is 0.0370. The predicted molar refractivity (Wildman–Crippen MR) is 70.8 cm³/mol. The fourth-order valence-electron chi connectivity index (χ4n) is 1.35. The van der Waals surface area contributed by atoms with Crippen molar-refractivity contribution in [1.82, 2.24) is 0 Å². The van der Waals surface area contributed by atoms with E-state index < -0.39 is 5.97 Å². The molecule has 0 radical (unpaired) electrons. The van der Waals surface area contributed by atoms with Crippen LogP contribution in [0.1, 0.15) is 30.1 Å². The average molecular weight is 260 g/mol. The molecule has 0 aliphatic heterocycles. The van der Waals surface area contributed by atoms with Crippen LogP contribution in [0.2, 0.25) is 0 Å². The first kappa shape index (κ1) is 14.8. The van der Waals surface area contributed by atoms with E-state index in [1.165, 1.54) is 19.1 Å². The third kappa shape index (κ3) is 6.31. The van der Waals surface area contributed by atoms with Crippen molar-refractivity contribution in [2.75, 3.05) is 6.61 Å². The summed E-state index contributed by atoms with van der Waals surface area (Å²) in [5.74, 6) is -0.626. The van der Waals surface area contributed by atoms with Gasteiger partial charge in [0.25, 0.3) is 0 Å². The van der Waals surface area contributed by atoms with Gasteiger partial charge in [0.2, 0.25) is 0 Å². The zero-order chi connectivity index (χ0) is 14.1. The van der Waals surface area contributed by atoms with E-state index >= 15 is 0 Å². The first-order valence-corrected chi connectivity index (χ1v) is 6.00. The second kappa shape index (κ2) is 7.97. The van der Waals surface area contributed by atoms with Crippen molar-refractivity contribution in [3.63, 3.8) is 0 Å². The molecule has 0 atom stereocenters. The molecule has 0 aromatic heterocycles. The van der Waals surface area contributed by atoms with Crippen LogP contribution in [0.15, 0.2) is 42.5 Å². The van der Waals surface area contributed by atoms with Gasteiger partial charge >= 0.3 is 5.97 Å². The monoisotopic (exact) mass is 260 g/mol. The van der Waals surface area contributed by atoms with Crippen molar-refractivity contribution in [2.45, 2.75) is 19.8 Å². The molecule has 4 nitrogen and oxygen atoms in total. The Morgan fingerprint density at radius 1 is 1.11 bits per heavy atom. The number of carbonyl (C=O) groups excluding carboxylic acids is 3. The van der Waals surface area contributed by atoms with Crippen molar-refractivity contribution < 1.29 is 19.1 Å². The van der Waals surface area contributed by atoms with Crippen LogP contribution in [-0.2, 0) is 14.3 Å². The zero-order valence-corrected chi connectivity index (χ0v) is 10.8. The minimum atomic E-state index is -0.438. The highest BCUT2D eigenvalue weighted by Gasteiger charge is 2.04. The van der Waals surface area contributed by atoms with E-state index in [1.807, 2.05) is 6.07 Å². The van der Waals surface area contributed by atoms with Gasteiger partial charge < -0.3 is 9.53 Å². The lowest BCUT2D eigenvalue weighted by Gasteiger charge is -2.00. The summed E-state index contributed by atoms with van der Waals surface area (Å²) in [5.41, 5.74) is 0.585. The average Bonchev–Trinajstić information content (AvgIpc) is 2.42. The highest BCUT2D eigenvalue weighted by molar-refractivity contribution is 6.04. The van der Waals surface area contributed by atoms with Crippen LogP contribution >= 0.6 is 0 Å². The van der Waals surface area contributed by atoms with Crippen molar-refractivity contribution in [3.05, 3.63) is 48.0 Å². The van der Waals surface area contributed by atoms with E-state index in [-0.39, 0.29) is 31.0 Å². The maximum absolute atomic E-state index is 11.6. The first-order valence-electron chi connectivity index (χ1n) is 6.00. The topological polar surface area (TPSA) is 60.4 Å². The Labute approximate surface area is 112 Å². The lowest BCUT2D eigenvalue weighted by molar-refractivity contribution is -0.143. The van der Waals surface area contributed by atoms with Crippen LogP contribution in [0.3, 0.4) is 0 Å². The highest BCUT2D eigenvalue weighted by Crippen LogP contribution is 2.01.